The van der Waals surface area contributed by atoms with E-state index in [9.17, 15) is 8.78 Å². The molecule has 0 saturated heterocycles. The van der Waals surface area contributed by atoms with Crippen LogP contribution in [0.4, 0.5) is 8.78 Å². The summed E-state index contributed by atoms with van der Waals surface area (Å²) in [6.45, 7) is 0. The van der Waals surface area contributed by atoms with Crippen LogP contribution in [0.1, 0.15) is 11.1 Å². The van der Waals surface area contributed by atoms with Crippen molar-refractivity contribution in [1.82, 2.24) is 0 Å². The quantitative estimate of drug-likeness (QED) is 0.459. The summed E-state index contributed by atoms with van der Waals surface area (Å²) in [5.74, 6) is -1.45. The molecule has 0 aromatic heterocycles. The van der Waals surface area contributed by atoms with Gasteiger partial charge in [0.2, 0.25) is 0 Å². The van der Waals surface area contributed by atoms with Gasteiger partial charge in [0, 0.05) is 0 Å². The Labute approximate surface area is 114 Å². The number of thioether (sulfide) groups is 1. The van der Waals surface area contributed by atoms with Crippen LogP contribution in [0, 0.1) is 22.3 Å². The van der Waals surface area contributed by atoms with Crippen molar-refractivity contribution in [1.29, 1.82) is 5.26 Å². The van der Waals surface area contributed by atoms with Crippen LogP contribution in [0.3, 0.4) is 0 Å². The molecule has 19 heavy (non-hydrogen) atoms. The highest BCUT2D eigenvalue weighted by Crippen LogP contribution is 2.26. The molecule has 0 N–H and O–H groups in total. The smallest absolute Gasteiger partial charge is 0.141 e. The van der Waals surface area contributed by atoms with Crippen LogP contribution in [0.2, 0.25) is 0 Å². The average Bonchev–Trinajstić information content (AvgIpc) is 2.42. The van der Waals surface area contributed by atoms with Crippen molar-refractivity contribution in [2.45, 2.75) is 4.90 Å². The minimum Gasteiger partial charge on any atom is -0.206 e. The maximum Gasteiger partial charge on any atom is 0.141 e. The van der Waals surface area contributed by atoms with E-state index in [-0.39, 0.29) is 4.90 Å². The van der Waals surface area contributed by atoms with Crippen molar-refractivity contribution in [3.05, 3.63) is 65.2 Å². The highest BCUT2D eigenvalue weighted by Gasteiger charge is 2.10. The Morgan fingerprint density at radius 1 is 0.947 bits per heavy atom. The van der Waals surface area contributed by atoms with Crippen LogP contribution in [0.25, 0.3) is 12.2 Å². The van der Waals surface area contributed by atoms with E-state index < -0.39 is 11.6 Å². The van der Waals surface area contributed by atoms with Crippen LogP contribution in [0.15, 0.2) is 47.4 Å². The molecule has 0 radical (unpaired) electrons. The monoisotopic (exact) mass is 273 g/mol. The fraction of sp³-hybridized carbons (Fsp3) is 0. The van der Waals surface area contributed by atoms with Crippen molar-refractivity contribution in [3.8, 4) is 5.40 Å². The molecule has 4 heteroatoms. The maximum atomic E-state index is 13.6. The topological polar surface area (TPSA) is 23.8 Å². The van der Waals surface area contributed by atoms with Crippen molar-refractivity contribution in [2.24, 2.45) is 0 Å². The van der Waals surface area contributed by atoms with E-state index in [1.807, 2.05) is 30.3 Å². The summed E-state index contributed by atoms with van der Waals surface area (Å²) in [7, 11) is 0. The Balaban J connectivity index is 2.28. The molecule has 0 bridgehead atoms. The first-order chi connectivity index (χ1) is 9.20. The summed E-state index contributed by atoms with van der Waals surface area (Å²) in [4.78, 5) is -0.264. The van der Waals surface area contributed by atoms with Gasteiger partial charge in [-0.1, -0.05) is 42.5 Å². The Hall–Kier alpha value is -2.12. The molecule has 0 unspecified atom stereocenters. The van der Waals surface area contributed by atoms with E-state index >= 15 is 0 Å². The number of nitriles is 1. The first-order valence-corrected chi connectivity index (χ1v) is 6.30. The van der Waals surface area contributed by atoms with Crippen molar-refractivity contribution >= 4 is 23.9 Å². The van der Waals surface area contributed by atoms with Gasteiger partial charge in [0.15, 0.2) is 0 Å². The third kappa shape index (κ3) is 3.43. The second-order valence-electron chi connectivity index (χ2n) is 3.75. The van der Waals surface area contributed by atoms with Crippen LogP contribution < -0.4 is 0 Å². The van der Waals surface area contributed by atoms with Gasteiger partial charge in [-0.2, -0.15) is 5.26 Å². The number of halogens is 2. The van der Waals surface area contributed by atoms with Gasteiger partial charge in [-0.15, -0.1) is 0 Å². The molecule has 0 aliphatic rings. The van der Waals surface area contributed by atoms with Gasteiger partial charge in [0.1, 0.15) is 17.0 Å². The Morgan fingerprint density at radius 3 is 2.11 bits per heavy atom. The molecule has 0 spiro atoms. The average molecular weight is 273 g/mol. The summed E-state index contributed by atoms with van der Waals surface area (Å²) < 4.78 is 27.2. The highest BCUT2D eigenvalue weighted by molar-refractivity contribution is 8.03. The van der Waals surface area contributed by atoms with Crippen molar-refractivity contribution in [2.75, 3.05) is 0 Å². The van der Waals surface area contributed by atoms with Crippen LogP contribution in [-0.2, 0) is 0 Å². The van der Waals surface area contributed by atoms with Crippen molar-refractivity contribution < 1.29 is 8.78 Å². The number of hydrogen-bond acceptors (Lipinski definition) is 2. The van der Waals surface area contributed by atoms with Gasteiger partial charge in [0.25, 0.3) is 0 Å². The van der Waals surface area contributed by atoms with E-state index in [0.29, 0.717) is 17.3 Å². The zero-order valence-corrected chi connectivity index (χ0v) is 10.6. The number of rotatable bonds is 3. The highest BCUT2D eigenvalue weighted by atomic mass is 32.2. The summed E-state index contributed by atoms with van der Waals surface area (Å²) in [5.41, 5.74) is 1.36. The minimum absolute atomic E-state index is 0.264. The first kappa shape index (κ1) is 13.3. The molecular formula is C15H9F2NS. The predicted octanol–water partition coefficient (Wildman–Crippen LogP) is 4.71. The molecule has 0 saturated carbocycles. The second-order valence-corrected chi connectivity index (χ2v) is 4.55. The third-order valence-electron chi connectivity index (χ3n) is 2.44. The van der Waals surface area contributed by atoms with Gasteiger partial charge < -0.3 is 0 Å². The molecular weight excluding hydrogens is 264 g/mol. The molecule has 2 aromatic carbocycles. The molecule has 2 aromatic rings. The van der Waals surface area contributed by atoms with Crippen LogP contribution >= 0.6 is 11.8 Å². The van der Waals surface area contributed by atoms with Crippen LogP contribution in [0.5, 0.6) is 0 Å². The fourth-order valence-corrected chi connectivity index (χ4v) is 1.98. The van der Waals surface area contributed by atoms with E-state index in [0.717, 1.165) is 5.56 Å². The summed E-state index contributed by atoms with van der Waals surface area (Å²) in [5, 5.41) is 10.1. The second kappa shape index (κ2) is 6.17. The van der Waals surface area contributed by atoms with Gasteiger partial charge in [-0.3, -0.25) is 0 Å². The molecule has 0 aliphatic carbocycles. The van der Waals surface area contributed by atoms with E-state index in [4.69, 9.17) is 5.26 Å². The van der Waals surface area contributed by atoms with Gasteiger partial charge >= 0.3 is 0 Å². The molecule has 0 amide bonds. The van der Waals surface area contributed by atoms with E-state index in [1.54, 1.807) is 17.6 Å². The largest absolute Gasteiger partial charge is 0.206 e. The van der Waals surface area contributed by atoms with E-state index in [1.165, 1.54) is 12.1 Å². The molecule has 0 aliphatic heterocycles. The number of benzene rings is 2. The molecule has 94 valence electrons. The number of nitrogens with zero attached hydrogens (tertiary/aromatic N) is 1. The Kier molecular flexibility index (Phi) is 4.32. The lowest BCUT2D eigenvalue weighted by Gasteiger charge is -2.01. The van der Waals surface area contributed by atoms with Gasteiger partial charge in [0.05, 0.1) is 4.90 Å². The number of thiocyanates is 1. The Bertz CT molecular complexity index is 622. The lowest BCUT2D eigenvalue weighted by Crippen LogP contribution is -1.88. The minimum atomic E-state index is -0.723. The van der Waals surface area contributed by atoms with Crippen molar-refractivity contribution in [3.63, 3.8) is 0 Å². The molecule has 2 rings (SSSR count). The molecule has 1 nitrogen and oxygen atoms in total. The normalized spacial score (nSPS) is 10.6. The lowest BCUT2D eigenvalue weighted by molar-refractivity contribution is 0.540. The standard InChI is InChI=1S/C15H9F2NS/c16-13-8-12(9-14(17)15(13)19-10-18)7-6-11-4-2-1-3-5-11/h1-9H/b7-6+. The van der Waals surface area contributed by atoms with Crippen LogP contribution in [-0.4, -0.2) is 0 Å². The summed E-state index contributed by atoms with van der Waals surface area (Å²) in [6, 6.07) is 11.9. The SMILES string of the molecule is N#CSc1c(F)cc(/C=C/c2ccccc2)cc1F. The first-order valence-electron chi connectivity index (χ1n) is 5.49. The maximum absolute atomic E-state index is 13.6. The van der Waals surface area contributed by atoms with Gasteiger partial charge in [-0.25, -0.2) is 8.78 Å². The summed E-state index contributed by atoms with van der Waals surface area (Å²) >= 11 is 0.483. The Morgan fingerprint density at radius 2 is 1.53 bits per heavy atom. The zero-order valence-electron chi connectivity index (χ0n) is 9.81. The zero-order chi connectivity index (χ0) is 13.7. The van der Waals surface area contributed by atoms with Gasteiger partial charge in [-0.05, 0) is 35.0 Å². The lowest BCUT2D eigenvalue weighted by atomic mass is 10.1. The molecule has 0 fully saturated rings. The number of hydrogen-bond donors (Lipinski definition) is 0. The summed E-state index contributed by atoms with van der Waals surface area (Å²) in [6.07, 6.45) is 3.40. The van der Waals surface area contributed by atoms with E-state index in [2.05, 4.69) is 0 Å². The third-order valence-corrected chi connectivity index (χ3v) is 3.12. The fourth-order valence-electron chi connectivity index (χ4n) is 1.58. The molecule has 0 atom stereocenters. The predicted molar refractivity (Wildman–Crippen MR) is 73.2 cm³/mol. The molecule has 0 heterocycles.